The first-order valence-electron chi connectivity index (χ1n) is 11.0. The second-order valence-corrected chi connectivity index (χ2v) is 9.02. The predicted molar refractivity (Wildman–Crippen MR) is 115 cm³/mol. The Hall–Kier alpha value is -2.59. The number of nitrogens with two attached hydrogens (primary N) is 1. The molecule has 1 aromatic rings. The quantitative estimate of drug-likeness (QED) is 0.425. The van der Waals surface area contributed by atoms with Crippen LogP contribution in [0.3, 0.4) is 0 Å². The maximum Gasteiger partial charge on any atom is 0.370 e. The number of carbonyl (C=O) groups is 3. The van der Waals surface area contributed by atoms with Crippen LogP contribution in [0, 0.1) is 5.92 Å². The standard InChI is InChI=1S/C22H28BN2O7/c1-22(24,17(26)5-3-14-7-9-30-21(14)29)12-25-10-15(11-25)31-16-4-2-13-6-8-23-32-19(13)18(16)20(27)28/h2,4,14-15H,3,5-12,24H2,1H3,(H,27,28)/t14-,22?/m0/s1. The fourth-order valence-corrected chi connectivity index (χ4v) is 4.45. The molecule has 171 valence electrons. The topological polar surface area (TPSA) is 128 Å². The van der Waals surface area contributed by atoms with Crippen LogP contribution in [0.15, 0.2) is 12.1 Å². The molecule has 0 bridgehead atoms. The van der Waals surface area contributed by atoms with Gasteiger partial charge in [-0.2, -0.15) is 0 Å². The number of carbonyl (C=O) groups excluding carboxylic acids is 2. The molecule has 0 spiro atoms. The number of ether oxygens (including phenoxy) is 2. The molecule has 2 saturated heterocycles. The SMILES string of the molecule is CC(N)(CN1CC(Oc2ccc3c(c2C(=O)O)O[B]CC3)C1)C(=O)CC[C@H]1CCOC1=O. The number of aromatic carboxylic acids is 1. The van der Waals surface area contributed by atoms with E-state index in [-0.39, 0.29) is 41.5 Å². The molecular formula is C22H28BN2O7. The molecule has 3 N–H and O–H groups in total. The molecule has 9 nitrogen and oxygen atoms in total. The molecule has 3 aliphatic rings. The molecular weight excluding hydrogens is 415 g/mol. The third-order valence-electron chi connectivity index (χ3n) is 6.32. The highest BCUT2D eigenvalue weighted by Crippen LogP contribution is 2.36. The van der Waals surface area contributed by atoms with Crippen LogP contribution in [0.1, 0.15) is 42.1 Å². The molecule has 0 aliphatic carbocycles. The summed E-state index contributed by atoms with van der Waals surface area (Å²) in [4.78, 5) is 38.0. The van der Waals surface area contributed by atoms with Crippen molar-refractivity contribution >= 4 is 25.2 Å². The minimum atomic E-state index is -1.09. The molecule has 10 heteroatoms. The Labute approximate surface area is 187 Å². The van der Waals surface area contributed by atoms with Crippen molar-refractivity contribution in [3.63, 3.8) is 0 Å². The van der Waals surface area contributed by atoms with Gasteiger partial charge in [0, 0.05) is 26.1 Å². The van der Waals surface area contributed by atoms with E-state index in [0.717, 1.165) is 18.3 Å². The van der Waals surface area contributed by atoms with Gasteiger partial charge in [0.05, 0.1) is 18.1 Å². The van der Waals surface area contributed by atoms with Gasteiger partial charge < -0.3 is 25.0 Å². The van der Waals surface area contributed by atoms with E-state index in [1.54, 1.807) is 20.5 Å². The first-order chi connectivity index (χ1) is 15.2. The van der Waals surface area contributed by atoms with E-state index in [1.807, 2.05) is 11.0 Å². The molecule has 3 heterocycles. The number of carboxylic acids is 1. The predicted octanol–water partition coefficient (Wildman–Crippen LogP) is 1.05. The average Bonchev–Trinajstić information content (AvgIpc) is 3.14. The van der Waals surface area contributed by atoms with E-state index >= 15 is 0 Å². The summed E-state index contributed by atoms with van der Waals surface area (Å²) in [5.41, 5.74) is 6.15. The van der Waals surface area contributed by atoms with Crippen LogP contribution in [0.2, 0.25) is 6.32 Å². The number of nitrogens with zero attached hydrogens (tertiary/aromatic N) is 1. The van der Waals surface area contributed by atoms with Crippen molar-refractivity contribution in [2.75, 3.05) is 26.2 Å². The van der Waals surface area contributed by atoms with E-state index in [0.29, 0.717) is 44.8 Å². The van der Waals surface area contributed by atoms with Gasteiger partial charge in [0.25, 0.3) is 0 Å². The number of ketones is 1. The van der Waals surface area contributed by atoms with Gasteiger partial charge in [-0.05, 0) is 44.1 Å². The van der Waals surface area contributed by atoms with E-state index in [2.05, 4.69) is 0 Å². The van der Waals surface area contributed by atoms with Crippen molar-refractivity contribution in [2.45, 2.75) is 50.6 Å². The second kappa shape index (κ2) is 9.11. The summed E-state index contributed by atoms with van der Waals surface area (Å²) in [6, 6.07) is 3.53. The largest absolute Gasteiger partial charge is 0.562 e. The number of rotatable bonds is 9. The number of cyclic esters (lactones) is 1. The number of Topliss-reactive ketones (excluding diaryl/α,β-unsaturated/α-hetero) is 1. The van der Waals surface area contributed by atoms with Crippen LogP contribution < -0.4 is 15.1 Å². The lowest BCUT2D eigenvalue weighted by atomic mass is 9.85. The highest BCUT2D eigenvalue weighted by atomic mass is 16.5. The van der Waals surface area contributed by atoms with Gasteiger partial charge in [-0.1, -0.05) is 6.07 Å². The zero-order chi connectivity index (χ0) is 22.9. The van der Waals surface area contributed by atoms with Gasteiger partial charge in [0.1, 0.15) is 23.2 Å². The first-order valence-corrected chi connectivity index (χ1v) is 11.0. The molecule has 3 aliphatic heterocycles. The van der Waals surface area contributed by atoms with Crippen molar-refractivity contribution in [3.8, 4) is 11.5 Å². The maximum absolute atomic E-state index is 12.6. The highest BCUT2D eigenvalue weighted by molar-refractivity contribution is 6.29. The molecule has 32 heavy (non-hydrogen) atoms. The van der Waals surface area contributed by atoms with Crippen LogP contribution in [-0.2, 0) is 20.7 Å². The third-order valence-corrected chi connectivity index (χ3v) is 6.32. The van der Waals surface area contributed by atoms with Crippen LogP contribution >= 0.6 is 0 Å². The van der Waals surface area contributed by atoms with Crippen molar-refractivity contribution in [2.24, 2.45) is 11.7 Å². The second-order valence-electron chi connectivity index (χ2n) is 9.02. The zero-order valence-corrected chi connectivity index (χ0v) is 18.2. The van der Waals surface area contributed by atoms with Gasteiger partial charge in [-0.3, -0.25) is 14.5 Å². The summed E-state index contributed by atoms with van der Waals surface area (Å²) in [6.45, 7) is 3.58. The highest BCUT2D eigenvalue weighted by Gasteiger charge is 2.38. The number of fused-ring (bicyclic) bond motifs is 1. The van der Waals surface area contributed by atoms with E-state index < -0.39 is 11.5 Å². The number of benzene rings is 1. The number of aryl methyl sites for hydroxylation is 1. The van der Waals surface area contributed by atoms with Gasteiger partial charge >= 0.3 is 19.4 Å². The lowest BCUT2D eigenvalue weighted by molar-refractivity contribution is -0.141. The molecule has 1 aromatic carbocycles. The van der Waals surface area contributed by atoms with Crippen molar-refractivity contribution < 1.29 is 33.6 Å². The van der Waals surface area contributed by atoms with E-state index in [1.165, 1.54) is 0 Å². The molecule has 0 aromatic heterocycles. The zero-order valence-electron chi connectivity index (χ0n) is 18.2. The lowest BCUT2D eigenvalue weighted by Gasteiger charge is -2.42. The van der Waals surface area contributed by atoms with E-state index in [4.69, 9.17) is 19.9 Å². The molecule has 2 atom stereocenters. The smallest absolute Gasteiger partial charge is 0.370 e. The van der Waals surface area contributed by atoms with Crippen molar-refractivity contribution in [3.05, 3.63) is 23.3 Å². The van der Waals surface area contributed by atoms with Crippen LogP contribution in [-0.4, -0.2) is 73.1 Å². The number of hydrogen-bond acceptors (Lipinski definition) is 8. The number of hydrogen-bond donors (Lipinski definition) is 2. The normalized spacial score (nSPS) is 22.6. The third kappa shape index (κ3) is 4.76. The summed E-state index contributed by atoms with van der Waals surface area (Å²) >= 11 is 0. The monoisotopic (exact) mass is 443 g/mol. The van der Waals surface area contributed by atoms with Crippen LogP contribution in [0.4, 0.5) is 0 Å². The van der Waals surface area contributed by atoms with E-state index in [9.17, 15) is 19.5 Å². The van der Waals surface area contributed by atoms with Crippen molar-refractivity contribution in [1.82, 2.24) is 4.90 Å². The Morgan fingerprint density at radius 2 is 2.16 bits per heavy atom. The minimum absolute atomic E-state index is 0.0428. The Morgan fingerprint density at radius 1 is 1.38 bits per heavy atom. The van der Waals surface area contributed by atoms with Gasteiger partial charge in [0.15, 0.2) is 5.78 Å². The molecule has 1 radical (unpaired) electrons. The first kappa shape index (κ1) is 22.6. The van der Waals surface area contributed by atoms with Gasteiger partial charge in [0.2, 0.25) is 0 Å². The number of likely N-dealkylation sites (tertiary alicyclic amines) is 1. The van der Waals surface area contributed by atoms with Gasteiger partial charge in [-0.25, -0.2) is 4.79 Å². The van der Waals surface area contributed by atoms with Crippen molar-refractivity contribution in [1.29, 1.82) is 0 Å². The fraction of sp³-hybridized carbons (Fsp3) is 0.591. The summed E-state index contributed by atoms with van der Waals surface area (Å²) in [6.07, 6.45) is 2.64. The summed E-state index contributed by atoms with van der Waals surface area (Å²) in [7, 11) is 1.61. The summed E-state index contributed by atoms with van der Waals surface area (Å²) in [5, 5.41) is 9.67. The van der Waals surface area contributed by atoms with Gasteiger partial charge in [-0.15, -0.1) is 0 Å². The molecule has 4 rings (SSSR count). The Morgan fingerprint density at radius 3 is 2.84 bits per heavy atom. The summed E-state index contributed by atoms with van der Waals surface area (Å²) in [5.74, 6) is -0.981. The number of esters is 1. The maximum atomic E-state index is 12.6. The molecule has 2 fully saturated rings. The van der Waals surface area contributed by atoms with Crippen LogP contribution in [0.5, 0.6) is 11.5 Å². The van der Waals surface area contributed by atoms with Crippen LogP contribution in [0.25, 0.3) is 0 Å². The number of carboxylic acid groups (broad SMARTS) is 1. The fourth-order valence-electron chi connectivity index (χ4n) is 4.45. The molecule has 0 saturated carbocycles. The molecule has 0 amide bonds. The molecule has 1 unspecified atom stereocenters. The summed E-state index contributed by atoms with van der Waals surface area (Å²) < 4.78 is 16.4. The Balaban J connectivity index is 1.29. The average molecular weight is 443 g/mol. The Kier molecular flexibility index (Phi) is 6.44. The Bertz CT molecular complexity index is 914. The minimum Gasteiger partial charge on any atom is -0.562 e. The lowest BCUT2D eigenvalue weighted by Crippen LogP contribution is -2.62.